The maximum absolute atomic E-state index is 12.6. The molecule has 3 fully saturated rings. The van der Waals surface area contributed by atoms with E-state index in [2.05, 4.69) is 25.7 Å². The Balaban J connectivity index is 1.29. The van der Waals surface area contributed by atoms with E-state index >= 15 is 0 Å². The van der Waals surface area contributed by atoms with Gasteiger partial charge in [-0.05, 0) is 54.3 Å². The summed E-state index contributed by atoms with van der Waals surface area (Å²) in [5, 5.41) is 15.6. The van der Waals surface area contributed by atoms with Gasteiger partial charge in [-0.15, -0.1) is 5.10 Å². The van der Waals surface area contributed by atoms with E-state index in [1.54, 1.807) is 10.7 Å². The van der Waals surface area contributed by atoms with Crippen LogP contribution in [0.1, 0.15) is 37.4 Å². The third-order valence-corrected chi connectivity index (χ3v) is 5.85. The first-order chi connectivity index (χ1) is 13.2. The maximum Gasteiger partial charge on any atom is 0.321 e. The lowest BCUT2D eigenvalue weighted by Gasteiger charge is -2.34. The van der Waals surface area contributed by atoms with E-state index in [9.17, 15) is 4.79 Å². The molecule has 27 heavy (non-hydrogen) atoms. The van der Waals surface area contributed by atoms with Crippen LogP contribution in [0.3, 0.4) is 0 Å². The van der Waals surface area contributed by atoms with Gasteiger partial charge in [-0.3, -0.25) is 4.90 Å². The molecule has 0 radical (unpaired) electrons. The summed E-state index contributed by atoms with van der Waals surface area (Å²) in [5.74, 6) is 1.23. The van der Waals surface area contributed by atoms with Crippen LogP contribution < -0.4 is 5.32 Å². The number of aromatic nitrogens is 4. The first-order valence-corrected chi connectivity index (χ1v) is 9.95. The minimum Gasteiger partial charge on any atom is -0.322 e. The molecule has 142 valence electrons. The van der Waals surface area contributed by atoms with Crippen molar-refractivity contribution in [3.8, 4) is 5.69 Å². The van der Waals surface area contributed by atoms with Crippen molar-refractivity contribution in [1.29, 1.82) is 0 Å². The van der Waals surface area contributed by atoms with Gasteiger partial charge in [0.25, 0.3) is 0 Å². The van der Waals surface area contributed by atoms with Gasteiger partial charge in [0, 0.05) is 43.8 Å². The second kappa shape index (κ2) is 6.76. The standard InChI is InChI=1S/C18H22ClN7O/c19-15-6-3-13(11-16(15)26-17(12-1-2-12)21-22-23-26)20-18(27)25-9-7-24(8-10-25)14-4-5-14/h3,6,11-12,14H,1-2,4-5,7-10H2,(H,20,27). The second-order valence-corrected chi connectivity index (χ2v) is 7.98. The summed E-state index contributed by atoms with van der Waals surface area (Å²) < 4.78 is 1.68. The quantitative estimate of drug-likeness (QED) is 0.871. The molecule has 9 heteroatoms. The van der Waals surface area contributed by atoms with E-state index in [-0.39, 0.29) is 6.03 Å². The minimum absolute atomic E-state index is 0.0714. The first-order valence-electron chi connectivity index (χ1n) is 9.57. The molecule has 8 nitrogen and oxygen atoms in total. The predicted octanol–water partition coefficient (Wildman–Crippen LogP) is 2.51. The third kappa shape index (κ3) is 3.51. The summed E-state index contributed by atoms with van der Waals surface area (Å²) in [7, 11) is 0. The van der Waals surface area contributed by atoms with Crippen LogP contribution in [-0.2, 0) is 0 Å². The van der Waals surface area contributed by atoms with E-state index < -0.39 is 0 Å². The maximum atomic E-state index is 12.6. The highest BCUT2D eigenvalue weighted by Crippen LogP contribution is 2.40. The van der Waals surface area contributed by atoms with Gasteiger partial charge in [0.05, 0.1) is 10.7 Å². The molecule has 2 amide bonds. The first kappa shape index (κ1) is 16.9. The zero-order valence-corrected chi connectivity index (χ0v) is 15.8. The fraction of sp³-hybridized carbons (Fsp3) is 0.556. The van der Waals surface area contributed by atoms with Gasteiger partial charge < -0.3 is 10.2 Å². The summed E-state index contributed by atoms with van der Waals surface area (Å²) in [6, 6.07) is 6.10. The Bertz CT molecular complexity index is 853. The Hall–Kier alpha value is -2.19. The van der Waals surface area contributed by atoms with Gasteiger partial charge in [0.15, 0.2) is 5.82 Å². The van der Waals surface area contributed by atoms with Crippen LogP contribution in [-0.4, -0.2) is 68.3 Å². The van der Waals surface area contributed by atoms with E-state index in [0.29, 0.717) is 22.3 Å². The van der Waals surface area contributed by atoms with Crippen molar-refractivity contribution >= 4 is 23.3 Å². The summed E-state index contributed by atoms with van der Waals surface area (Å²) in [6.45, 7) is 3.45. The number of urea groups is 1. The molecule has 3 aliphatic rings. The molecule has 5 rings (SSSR count). The van der Waals surface area contributed by atoms with E-state index in [1.807, 2.05) is 17.0 Å². The highest BCUT2D eigenvalue weighted by atomic mass is 35.5. The zero-order valence-electron chi connectivity index (χ0n) is 15.0. The summed E-state index contributed by atoms with van der Waals surface area (Å²) in [5.41, 5.74) is 1.39. The molecular formula is C18H22ClN7O. The number of piperazine rings is 1. The number of benzene rings is 1. The summed E-state index contributed by atoms with van der Waals surface area (Å²) in [4.78, 5) is 17.0. The van der Waals surface area contributed by atoms with Gasteiger partial charge in [-0.2, -0.15) is 4.68 Å². The topological polar surface area (TPSA) is 79.2 Å². The highest BCUT2D eigenvalue weighted by Gasteiger charge is 2.32. The SMILES string of the molecule is O=C(Nc1ccc(Cl)c(-n2nnnc2C2CC2)c1)N1CCN(C2CC2)CC1. The number of rotatable bonds is 4. The molecule has 1 saturated heterocycles. The molecule has 2 aromatic rings. The molecule has 2 aliphatic carbocycles. The summed E-state index contributed by atoms with van der Waals surface area (Å²) in [6.07, 6.45) is 4.81. The van der Waals surface area contributed by atoms with Crippen LogP contribution in [0.4, 0.5) is 10.5 Å². The van der Waals surface area contributed by atoms with Crippen molar-refractivity contribution in [2.45, 2.75) is 37.6 Å². The Kier molecular flexibility index (Phi) is 4.24. The van der Waals surface area contributed by atoms with Gasteiger partial charge in [0.1, 0.15) is 0 Å². The normalized spacial score (nSPS) is 20.7. The zero-order chi connectivity index (χ0) is 18.4. The van der Waals surface area contributed by atoms with Crippen molar-refractivity contribution in [3.63, 3.8) is 0 Å². The fourth-order valence-corrected chi connectivity index (χ4v) is 3.84. The van der Waals surface area contributed by atoms with Crippen LogP contribution >= 0.6 is 11.6 Å². The number of nitrogens with one attached hydrogen (secondary N) is 1. The second-order valence-electron chi connectivity index (χ2n) is 7.57. The van der Waals surface area contributed by atoms with Crippen molar-refractivity contribution in [2.75, 3.05) is 31.5 Å². The van der Waals surface area contributed by atoms with E-state index in [4.69, 9.17) is 11.6 Å². The van der Waals surface area contributed by atoms with Gasteiger partial charge in [0.2, 0.25) is 0 Å². The number of hydrogen-bond acceptors (Lipinski definition) is 5. The fourth-order valence-electron chi connectivity index (χ4n) is 3.65. The van der Waals surface area contributed by atoms with Crippen LogP contribution in [0.2, 0.25) is 5.02 Å². The monoisotopic (exact) mass is 387 g/mol. The molecule has 1 N–H and O–H groups in total. The average Bonchev–Trinajstić information content (AvgIpc) is 3.62. The van der Waals surface area contributed by atoms with Crippen LogP contribution in [0, 0.1) is 0 Å². The average molecular weight is 388 g/mol. The van der Waals surface area contributed by atoms with Crippen LogP contribution in [0.15, 0.2) is 18.2 Å². The largest absolute Gasteiger partial charge is 0.322 e. The number of nitrogens with zero attached hydrogens (tertiary/aromatic N) is 6. The molecule has 1 aliphatic heterocycles. The Labute approximate surface area is 162 Å². The Morgan fingerprint density at radius 3 is 2.59 bits per heavy atom. The van der Waals surface area contributed by atoms with Crippen molar-refractivity contribution in [2.24, 2.45) is 0 Å². The Morgan fingerprint density at radius 2 is 1.89 bits per heavy atom. The molecule has 2 heterocycles. The molecule has 0 bridgehead atoms. The van der Waals surface area contributed by atoms with Crippen LogP contribution in [0.5, 0.6) is 0 Å². The lowest BCUT2D eigenvalue weighted by molar-refractivity contribution is 0.142. The smallest absolute Gasteiger partial charge is 0.321 e. The number of amides is 2. The van der Waals surface area contributed by atoms with E-state index in [1.165, 1.54) is 12.8 Å². The lowest BCUT2D eigenvalue weighted by Crippen LogP contribution is -2.50. The number of halogens is 1. The molecule has 2 saturated carbocycles. The van der Waals surface area contributed by atoms with Crippen LogP contribution in [0.25, 0.3) is 5.69 Å². The van der Waals surface area contributed by atoms with Crippen molar-refractivity contribution in [3.05, 3.63) is 29.0 Å². The number of carbonyl (C=O) groups is 1. The minimum atomic E-state index is -0.0714. The van der Waals surface area contributed by atoms with Crippen molar-refractivity contribution in [1.82, 2.24) is 30.0 Å². The Morgan fingerprint density at radius 1 is 1.11 bits per heavy atom. The van der Waals surface area contributed by atoms with Gasteiger partial charge >= 0.3 is 6.03 Å². The van der Waals surface area contributed by atoms with Gasteiger partial charge in [-0.1, -0.05) is 11.6 Å². The number of hydrogen-bond donors (Lipinski definition) is 1. The molecule has 0 unspecified atom stereocenters. The summed E-state index contributed by atoms with van der Waals surface area (Å²) >= 11 is 6.38. The molecule has 1 aromatic heterocycles. The molecule has 0 spiro atoms. The van der Waals surface area contributed by atoms with Gasteiger partial charge in [-0.25, -0.2) is 4.79 Å². The number of anilines is 1. The third-order valence-electron chi connectivity index (χ3n) is 5.53. The van der Waals surface area contributed by atoms with Crippen molar-refractivity contribution < 1.29 is 4.79 Å². The number of tetrazole rings is 1. The highest BCUT2D eigenvalue weighted by molar-refractivity contribution is 6.32. The molecule has 0 atom stereocenters. The molecular weight excluding hydrogens is 366 g/mol. The predicted molar refractivity (Wildman–Crippen MR) is 101 cm³/mol. The van der Waals surface area contributed by atoms with E-state index in [0.717, 1.165) is 50.9 Å². The molecule has 1 aromatic carbocycles. The number of carbonyl (C=O) groups excluding carboxylic acids is 1. The lowest BCUT2D eigenvalue weighted by atomic mass is 10.2.